The number of benzene rings is 1. The van der Waals surface area contributed by atoms with Gasteiger partial charge in [-0.2, -0.15) is 0 Å². The number of rotatable bonds is 7. The van der Waals surface area contributed by atoms with E-state index in [0.717, 1.165) is 0 Å². The molecule has 1 aromatic carbocycles. The molecule has 0 saturated heterocycles. The first-order chi connectivity index (χ1) is 9.97. The second kappa shape index (κ2) is 7.84. The minimum Gasteiger partial charge on any atom is -0.497 e. The summed E-state index contributed by atoms with van der Waals surface area (Å²) in [6, 6.07) is 5.14. The molecule has 1 unspecified atom stereocenters. The van der Waals surface area contributed by atoms with Crippen molar-refractivity contribution in [2.75, 3.05) is 7.11 Å². The second-order valence-corrected chi connectivity index (χ2v) is 4.26. The Hall–Kier alpha value is -2.63. The zero-order valence-electron chi connectivity index (χ0n) is 11.8. The van der Waals surface area contributed by atoms with Crippen molar-refractivity contribution in [3.05, 3.63) is 42.0 Å². The number of carbonyl (C=O) groups is 3. The Bertz CT molecular complexity index is 565. The van der Waals surface area contributed by atoms with Crippen LogP contribution in [0.2, 0.25) is 0 Å². The molecule has 21 heavy (non-hydrogen) atoms. The van der Waals surface area contributed by atoms with E-state index in [1.807, 2.05) is 0 Å². The third kappa shape index (κ3) is 5.10. The highest BCUT2D eigenvalue weighted by atomic mass is 16.5. The van der Waals surface area contributed by atoms with Crippen LogP contribution < -0.4 is 10.1 Å². The van der Waals surface area contributed by atoms with Crippen LogP contribution in [0.1, 0.15) is 23.7 Å². The van der Waals surface area contributed by atoms with Gasteiger partial charge in [-0.1, -0.05) is 18.2 Å². The molecule has 1 amide bonds. The van der Waals surface area contributed by atoms with Crippen LogP contribution in [0.25, 0.3) is 0 Å². The number of carbonyl (C=O) groups excluding carboxylic acids is 2. The van der Waals surface area contributed by atoms with Crippen molar-refractivity contribution in [2.45, 2.75) is 19.4 Å². The van der Waals surface area contributed by atoms with Crippen LogP contribution in [-0.2, 0) is 9.59 Å². The monoisotopic (exact) mass is 291 g/mol. The Balaban J connectivity index is 2.80. The Morgan fingerprint density at radius 3 is 2.67 bits per heavy atom. The first-order valence-electron chi connectivity index (χ1n) is 6.31. The van der Waals surface area contributed by atoms with E-state index in [2.05, 4.69) is 5.32 Å². The highest BCUT2D eigenvalue weighted by Gasteiger charge is 2.23. The molecule has 0 aliphatic rings. The lowest BCUT2D eigenvalue weighted by atomic mass is 10.0. The van der Waals surface area contributed by atoms with Gasteiger partial charge in [0, 0.05) is 12.0 Å². The van der Waals surface area contributed by atoms with E-state index in [4.69, 9.17) is 9.84 Å². The molecular weight excluding hydrogens is 274 g/mol. The average Bonchev–Trinajstić information content (AvgIpc) is 2.46. The van der Waals surface area contributed by atoms with Gasteiger partial charge in [0.25, 0.3) is 0 Å². The van der Waals surface area contributed by atoms with E-state index in [1.165, 1.54) is 25.3 Å². The number of ketones is 1. The lowest BCUT2D eigenvalue weighted by molar-refractivity contribution is -0.141. The predicted molar refractivity (Wildman–Crippen MR) is 76.3 cm³/mol. The largest absolute Gasteiger partial charge is 0.497 e. The first-order valence-corrected chi connectivity index (χ1v) is 6.31. The summed E-state index contributed by atoms with van der Waals surface area (Å²) in [5, 5.41) is 11.3. The number of hydrogen-bond acceptors (Lipinski definition) is 4. The van der Waals surface area contributed by atoms with E-state index in [-0.39, 0.29) is 12.2 Å². The molecule has 0 saturated carbocycles. The topological polar surface area (TPSA) is 92.7 Å². The molecule has 0 aliphatic carbocycles. The number of hydrogen-bond donors (Lipinski definition) is 2. The molecule has 6 heteroatoms. The Morgan fingerprint density at radius 2 is 2.10 bits per heavy atom. The lowest BCUT2D eigenvalue weighted by Crippen LogP contribution is -2.41. The highest BCUT2D eigenvalue weighted by molar-refractivity contribution is 6.00. The Kier molecular flexibility index (Phi) is 6.13. The number of methoxy groups -OCH3 is 1. The minimum absolute atomic E-state index is 0.328. The fourth-order valence-electron chi connectivity index (χ4n) is 1.67. The minimum atomic E-state index is -1.27. The van der Waals surface area contributed by atoms with Gasteiger partial charge in [0.15, 0.2) is 5.78 Å². The van der Waals surface area contributed by atoms with Crippen LogP contribution in [0.4, 0.5) is 0 Å². The number of allylic oxidation sites excluding steroid dienone is 1. The van der Waals surface area contributed by atoms with Gasteiger partial charge in [0.2, 0.25) is 5.91 Å². The molecule has 112 valence electrons. The van der Waals surface area contributed by atoms with Crippen LogP contribution in [0, 0.1) is 0 Å². The fourth-order valence-corrected chi connectivity index (χ4v) is 1.67. The van der Waals surface area contributed by atoms with Gasteiger partial charge in [-0.25, -0.2) is 4.79 Å². The van der Waals surface area contributed by atoms with Crippen LogP contribution >= 0.6 is 0 Å². The van der Waals surface area contributed by atoms with Crippen molar-refractivity contribution in [1.82, 2.24) is 5.32 Å². The number of ether oxygens (including phenoxy) is 1. The average molecular weight is 291 g/mol. The maximum absolute atomic E-state index is 12.1. The van der Waals surface area contributed by atoms with Gasteiger partial charge in [-0.05, 0) is 25.1 Å². The quantitative estimate of drug-likeness (QED) is 0.585. The fraction of sp³-hybridized carbons (Fsp3) is 0.267. The maximum atomic E-state index is 12.1. The molecule has 0 bridgehead atoms. The SMILES string of the molecule is C/C=C/C(=O)NC(CC(=O)c1cccc(OC)c1)C(=O)O. The molecule has 0 spiro atoms. The normalized spacial score (nSPS) is 11.9. The number of Topliss-reactive ketones (excluding diaryl/α,β-unsaturated/α-hetero) is 1. The summed E-state index contributed by atoms with van der Waals surface area (Å²) in [5.41, 5.74) is 0.334. The molecule has 2 N–H and O–H groups in total. The predicted octanol–water partition coefficient (Wildman–Crippen LogP) is 1.41. The molecule has 0 heterocycles. The summed E-state index contributed by atoms with van der Waals surface area (Å²) in [7, 11) is 1.47. The van der Waals surface area contributed by atoms with Gasteiger partial charge in [-0.15, -0.1) is 0 Å². The van der Waals surface area contributed by atoms with E-state index < -0.39 is 17.9 Å². The Labute approximate surface area is 122 Å². The van der Waals surface area contributed by atoms with Gasteiger partial charge < -0.3 is 15.2 Å². The van der Waals surface area contributed by atoms with Gasteiger partial charge in [0.1, 0.15) is 11.8 Å². The number of nitrogens with one attached hydrogen (secondary N) is 1. The maximum Gasteiger partial charge on any atom is 0.326 e. The van der Waals surface area contributed by atoms with E-state index >= 15 is 0 Å². The second-order valence-electron chi connectivity index (χ2n) is 4.26. The molecule has 1 rings (SSSR count). The molecule has 1 atom stereocenters. The van der Waals surface area contributed by atoms with Crippen LogP contribution in [0.3, 0.4) is 0 Å². The third-order valence-corrected chi connectivity index (χ3v) is 2.71. The summed E-state index contributed by atoms with van der Waals surface area (Å²) in [6.45, 7) is 1.64. The molecule has 0 aromatic heterocycles. The van der Waals surface area contributed by atoms with Gasteiger partial charge >= 0.3 is 5.97 Å². The van der Waals surface area contributed by atoms with Crippen LogP contribution in [-0.4, -0.2) is 35.9 Å². The summed E-state index contributed by atoms with van der Waals surface area (Å²) >= 11 is 0. The molecule has 6 nitrogen and oxygen atoms in total. The number of carboxylic acid groups (broad SMARTS) is 1. The first kappa shape index (κ1) is 16.4. The van der Waals surface area contributed by atoms with E-state index in [1.54, 1.807) is 25.1 Å². The van der Waals surface area contributed by atoms with E-state index in [0.29, 0.717) is 11.3 Å². The molecule has 0 aliphatic heterocycles. The summed E-state index contributed by atoms with van der Waals surface area (Å²) in [4.78, 5) is 34.6. The molecule has 0 fully saturated rings. The summed E-state index contributed by atoms with van der Waals surface area (Å²) in [6.07, 6.45) is 2.36. The zero-order chi connectivity index (χ0) is 15.8. The van der Waals surface area contributed by atoms with Gasteiger partial charge in [0.05, 0.1) is 7.11 Å². The molecule has 1 aromatic rings. The van der Waals surface area contributed by atoms with Crippen molar-refractivity contribution < 1.29 is 24.2 Å². The van der Waals surface area contributed by atoms with Crippen molar-refractivity contribution in [3.8, 4) is 5.75 Å². The van der Waals surface area contributed by atoms with Gasteiger partial charge in [-0.3, -0.25) is 9.59 Å². The summed E-state index contributed by atoms with van der Waals surface area (Å²) < 4.78 is 5.01. The number of amides is 1. The summed E-state index contributed by atoms with van der Waals surface area (Å²) in [5.74, 6) is -1.69. The van der Waals surface area contributed by atoms with Crippen LogP contribution in [0.5, 0.6) is 5.75 Å². The standard InChI is InChI=1S/C15H17NO5/c1-3-5-14(18)16-12(15(19)20)9-13(17)10-6-4-7-11(8-10)21-2/h3-8,12H,9H2,1-2H3,(H,16,18)(H,19,20)/b5-3+. The smallest absolute Gasteiger partial charge is 0.326 e. The number of aliphatic carboxylic acids is 1. The van der Waals surface area contributed by atoms with Crippen molar-refractivity contribution in [3.63, 3.8) is 0 Å². The van der Waals surface area contributed by atoms with E-state index in [9.17, 15) is 14.4 Å². The number of carboxylic acids is 1. The van der Waals surface area contributed by atoms with Crippen molar-refractivity contribution >= 4 is 17.7 Å². The molecule has 0 radical (unpaired) electrons. The van der Waals surface area contributed by atoms with Crippen LogP contribution in [0.15, 0.2) is 36.4 Å². The Morgan fingerprint density at radius 1 is 1.38 bits per heavy atom. The van der Waals surface area contributed by atoms with Crippen molar-refractivity contribution in [1.29, 1.82) is 0 Å². The van der Waals surface area contributed by atoms with Crippen molar-refractivity contribution in [2.24, 2.45) is 0 Å². The zero-order valence-corrected chi connectivity index (χ0v) is 11.8. The lowest BCUT2D eigenvalue weighted by Gasteiger charge is -2.12. The highest BCUT2D eigenvalue weighted by Crippen LogP contribution is 2.14. The third-order valence-electron chi connectivity index (χ3n) is 2.71. The molecular formula is C15H17NO5.